The predicted octanol–water partition coefficient (Wildman–Crippen LogP) is 6.22. The number of nitrogens with zero attached hydrogens (tertiary/aromatic N) is 2. The second-order valence-electron chi connectivity index (χ2n) is 4.65. The lowest BCUT2D eigenvalue weighted by Gasteiger charge is -2.06. The zero-order valence-electron chi connectivity index (χ0n) is 11.4. The fourth-order valence-electron chi connectivity index (χ4n) is 1.90. The number of halogens is 3. The Balaban J connectivity index is 1.87. The molecule has 3 rings (SSSR count). The van der Waals surface area contributed by atoms with Gasteiger partial charge in [0, 0.05) is 5.56 Å². The third-order valence-electron chi connectivity index (χ3n) is 2.94. The summed E-state index contributed by atoms with van der Waals surface area (Å²) in [6, 6.07) is 11.4. The first kappa shape index (κ1) is 15.6. The summed E-state index contributed by atoms with van der Waals surface area (Å²) in [5.41, 5.74) is 2.85. The molecule has 0 fully saturated rings. The van der Waals surface area contributed by atoms with Crippen LogP contribution in [0, 0.1) is 6.92 Å². The van der Waals surface area contributed by atoms with E-state index in [0.29, 0.717) is 25.9 Å². The average Bonchev–Trinajstić information content (AvgIpc) is 2.93. The minimum Gasteiger partial charge on any atom is -0.329 e. The summed E-state index contributed by atoms with van der Waals surface area (Å²) in [6.45, 7) is 2.04. The van der Waals surface area contributed by atoms with E-state index in [1.807, 2.05) is 25.1 Å². The number of aryl methyl sites for hydroxylation is 1. The SMILES string of the molecule is Cc1cccc(-c2nnc(Nc3cc(Cl)c(Cl)cc3Cl)s2)c1. The highest BCUT2D eigenvalue weighted by molar-refractivity contribution is 7.18. The number of aromatic nitrogens is 2. The van der Waals surface area contributed by atoms with Crippen LogP contribution in [0.4, 0.5) is 10.8 Å². The summed E-state index contributed by atoms with van der Waals surface area (Å²) in [6.07, 6.45) is 0. The van der Waals surface area contributed by atoms with Crippen LogP contribution < -0.4 is 5.32 Å². The van der Waals surface area contributed by atoms with Crippen LogP contribution in [0.5, 0.6) is 0 Å². The Kier molecular flexibility index (Phi) is 4.54. The van der Waals surface area contributed by atoms with E-state index in [1.54, 1.807) is 12.1 Å². The second-order valence-corrected chi connectivity index (χ2v) is 6.85. The van der Waals surface area contributed by atoms with Crippen LogP contribution in [0.25, 0.3) is 10.6 Å². The van der Waals surface area contributed by atoms with Crippen molar-refractivity contribution in [3.8, 4) is 10.6 Å². The van der Waals surface area contributed by atoms with E-state index < -0.39 is 0 Å². The summed E-state index contributed by atoms with van der Waals surface area (Å²) < 4.78 is 0. The minimum absolute atomic E-state index is 0.412. The van der Waals surface area contributed by atoms with E-state index >= 15 is 0 Å². The maximum absolute atomic E-state index is 6.15. The average molecular weight is 371 g/mol. The largest absolute Gasteiger partial charge is 0.329 e. The maximum Gasteiger partial charge on any atom is 0.210 e. The smallest absolute Gasteiger partial charge is 0.210 e. The zero-order valence-corrected chi connectivity index (χ0v) is 14.5. The Morgan fingerprint density at radius 3 is 2.50 bits per heavy atom. The van der Waals surface area contributed by atoms with Crippen LogP contribution in [-0.2, 0) is 0 Å². The molecule has 112 valence electrons. The van der Waals surface area contributed by atoms with E-state index in [9.17, 15) is 0 Å². The van der Waals surface area contributed by atoms with Crippen LogP contribution in [0.2, 0.25) is 15.1 Å². The van der Waals surface area contributed by atoms with Crippen LogP contribution in [0.1, 0.15) is 5.56 Å². The predicted molar refractivity (Wildman–Crippen MR) is 94.8 cm³/mol. The van der Waals surface area contributed by atoms with Gasteiger partial charge in [-0.05, 0) is 25.1 Å². The quantitative estimate of drug-likeness (QED) is 0.556. The van der Waals surface area contributed by atoms with E-state index in [4.69, 9.17) is 34.8 Å². The Morgan fingerprint density at radius 2 is 1.73 bits per heavy atom. The monoisotopic (exact) mass is 369 g/mol. The van der Waals surface area contributed by atoms with E-state index in [-0.39, 0.29) is 0 Å². The third kappa shape index (κ3) is 3.36. The van der Waals surface area contributed by atoms with Gasteiger partial charge < -0.3 is 5.32 Å². The third-order valence-corrected chi connectivity index (χ3v) is 4.86. The van der Waals surface area contributed by atoms with E-state index in [1.165, 1.54) is 16.9 Å². The van der Waals surface area contributed by atoms with Crippen LogP contribution in [-0.4, -0.2) is 10.2 Å². The molecule has 0 saturated carbocycles. The van der Waals surface area contributed by atoms with Crippen molar-refractivity contribution in [2.75, 3.05) is 5.32 Å². The Labute approximate surface area is 146 Å². The number of hydrogen-bond acceptors (Lipinski definition) is 4. The first-order chi connectivity index (χ1) is 10.5. The Bertz CT molecular complexity index is 833. The highest BCUT2D eigenvalue weighted by atomic mass is 35.5. The minimum atomic E-state index is 0.412. The molecule has 0 aliphatic heterocycles. The first-order valence-corrected chi connectivity index (χ1v) is 8.30. The fourth-order valence-corrected chi connectivity index (χ4v) is 3.25. The summed E-state index contributed by atoms with van der Waals surface area (Å²) in [4.78, 5) is 0. The number of rotatable bonds is 3. The molecule has 22 heavy (non-hydrogen) atoms. The molecule has 0 aliphatic carbocycles. The topological polar surface area (TPSA) is 37.8 Å². The molecule has 0 spiro atoms. The first-order valence-electron chi connectivity index (χ1n) is 6.35. The molecular formula is C15H10Cl3N3S. The molecule has 3 aromatic rings. The molecule has 0 atom stereocenters. The van der Waals surface area contributed by atoms with Crippen molar-refractivity contribution in [1.82, 2.24) is 10.2 Å². The molecule has 0 amide bonds. The van der Waals surface area contributed by atoms with Gasteiger partial charge in [0.05, 0.1) is 20.8 Å². The molecule has 2 aromatic carbocycles. The Morgan fingerprint density at radius 1 is 0.955 bits per heavy atom. The van der Waals surface area contributed by atoms with Crippen molar-refractivity contribution < 1.29 is 0 Å². The lowest BCUT2D eigenvalue weighted by Crippen LogP contribution is -1.91. The van der Waals surface area contributed by atoms with Crippen molar-refractivity contribution in [3.05, 3.63) is 57.0 Å². The van der Waals surface area contributed by atoms with Gasteiger partial charge >= 0.3 is 0 Å². The van der Waals surface area contributed by atoms with Gasteiger partial charge in [0.15, 0.2) is 0 Å². The van der Waals surface area contributed by atoms with Crippen LogP contribution in [0.15, 0.2) is 36.4 Å². The highest BCUT2D eigenvalue weighted by Gasteiger charge is 2.10. The fraction of sp³-hybridized carbons (Fsp3) is 0.0667. The van der Waals surface area contributed by atoms with Crippen LogP contribution in [0.3, 0.4) is 0 Å². The second kappa shape index (κ2) is 6.42. The molecule has 0 saturated heterocycles. The van der Waals surface area contributed by atoms with Crippen molar-refractivity contribution in [2.24, 2.45) is 0 Å². The van der Waals surface area contributed by atoms with Gasteiger partial charge in [-0.25, -0.2) is 0 Å². The summed E-state index contributed by atoms with van der Waals surface area (Å²) in [5, 5.41) is 14.2. The number of hydrogen-bond donors (Lipinski definition) is 1. The van der Waals surface area contributed by atoms with Gasteiger partial charge in [-0.15, -0.1) is 10.2 Å². The maximum atomic E-state index is 6.15. The molecule has 0 bridgehead atoms. The lowest BCUT2D eigenvalue weighted by atomic mass is 10.1. The van der Waals surface area contributed by atoms with Gasteiger partial charge in [-0.2, -0.15) is 0 Å². The number of nitrogens with one attached hydrogen (secondary N) is 1. The molecule has 1 aromatic heterocycles. The Hall–Kier alpha value is -1.33. The van der Waals surface area contributed by atoms with Crippen molar-refractivity contribution >= 4 is 57.0 Å². The van der Waals surface area contributed by atoms with E-state index in [0.717, 1.165) is 10.6 Å². The molecular weight excluding hydrogens is 361 g/mol. The molecule has 0 radical (unpaired) electrons. The van der Waals surface area contributed by atoms with Crippen molar-refractivity contribution in [1.29, 1.82) is 0 Å². The normalized spacial score (nSPS) is 10.7. The van der Waals surface area contributed by atoms with Crippen molar-refractivity contribution in [3.63, 3.8) is 0 Å². The van der Waals surface area contributed by atoms with Gasteiger partial charge in [0.1, 0.15) is 5.01 Å². The molecule has 3 nitrogen and oxygen atoms in total. The number of anilines is 2. The molecule has 0 aliphatic rings. The summed E-state index contributed by atoms with van der Waals surface area (Å²) in [7, 11) is 0. The van der Waals surface area contributed by atoms with Gasteiger partial charge in [-0.3, -0.25) is 0 Å². The van der Waals surface area contributed by atoms with Crippen molar-refractivity contribution in [2.45, 2.75) is 6.92 Å². The van der Waals surface area contributed by atoms with Crippen LogP contribution >= 0.6 is 46.1 Å². The molecule has 0 unspecified atom stereocenters. The lowest BCUT2D eigenvalue weighted by molar-refractivity contribution is 1.10. The summed E-state index contributed by atoms with van der Waals surface area (Å²) in [5.74, 6) is 0. The number of benzene rings is 2. The zero-order chi connectivity index (χ0) is 15.7. The molecule has 7 heteroatoms. The molecule has 1 heterocycles. The van der Waals surface area contributed by atoms with Gasteiger partial charge in [-0.1, -0.05) is 69.9 Å². The highest BCUT2D eigenvalue weighted by Crippen LogP contribution is 2.35. The van der Waals surface area contributed by atoms with E-state index in [2.05, 4.69) is 21.6 Å². The summed E-state index contributed by atoms with van der Waals surface area (Å²) >= 11 is 19.5. The molecule has 1 N–H and O–H groups in total. The van der Waals surface area contributed by atoms with Gasteiger partial charge in [0.25, 0.3) is 0 Å². The van der Waals surface area contributed by atoms with Gasteiger partial charge in [0.2, 0.25) is 5.13 Å². The standard InChI is InChI=1S/C15H10Cl3N3S/c1-8-3-2-4-9(5-8)14-20-21-15(22-14)19-13-7-11(17)10(16)6-12(13)18/h2-7H,1H3,(H,19,21).